The average Bonchev–Trinajstić information content (AvgIpc) is 2.50. The molecule has 3 heteroatoms. The van der Waals surface area contributed by atoms with E-state index in [-0.39, 0.29) is 0 Å². The fourth-order valence-electron chi connectivity index (χ4n) is 4.12. The molecule has 0 aliphatic heterocycles. The normalized spacial score (nSPS) is 28.8. The van der Waals surface area contributed by atoms with Crippen LogP contribution in [0.15, 0.2) is 18.2 Å². The van der Waals surface area contributed by atoms with Gasteiger partial charge in [0, 0.05) is 11.1 Å². The highest BCUT2D eigenvalue weighted by Gasteiger charge is 2.32. The lowest BCUT2D eigenvalue weighted by Gasteiger charge is -2.40. The third kappa shape index (κ3) is 3.66. The molecule has 2 aliphatic rings. The van der Waals surface area contributed by atoms with Crippen molar-refractivity contribution in [1.82, 2.24) is 0 Å². The summed E-state index contributed by atoms with van der Waals surface area (Å²) in [6, 6.07) is 6.44. The van der Waals surface area contributed by atoms with Crippen LogP contribution >= 0.6 is 11.6 Å². The molecule has 0 radical (unpaired) electrons. The molecule has 0 amide bonds. The Balaban J connectivity index is 1.67. The predicted octanol–water partition coefficient (Wildman–Crippen LogP) is 5.51. The van der Waals surface area contributed by atoms with Gasteiger partial charge in [-0.15, -0.1) is 0 Å². The topological polar surface area (TPSA) is 21.3 Å². The van der Waals surface area contributed by atoms with Gasteiger partial charge in [-0.3, -0.25) is 0 Å². The lowest BCUT2D eigenvalue weighted by Crippen LogP contribution is -2.34. The van der Waals surface area contributed by atoms with E-state index in [9.17, 15) is 0 Å². The SMILES string of the molecule is CCOc1ccc(Cl)cc1NC1CCC2CCCCC2C1. The molecule has 2 aliphatic carbocycles. The molecule has 1 aromatic rings. The number of rotatable bonds is 4. The summed E-state index contributed by atoms with van der Waals surface area (Å²) >= 11 is 6.15. The smallest absolute Gasteiger partial charge is 0.142 e. The van der Waals surface area contributed by atoms with E-state index in [0.717, 1.165) is 28.3 Å². The molecule has 2 nitrogen and oxygen atoms in total. The molecule has 0 saturated heterocycles. The van der Waals surface area contributed by atoms with Crippen LogP contribution < -0.4 is 10.1 Å². The predicted molar refractivity (Wildman–Crippen MR) is 89.3 cm³/mol. The molecule has 3 unspecified atom stereocenters. The zero-order chi connectivity index (χ0) is 14.7. The van der Waals surface area contributed by atoms with E-state index in [4.69, 9.17) is 16.3 Å². The Hall–Kier alpha value is -0.890. The largest absolute Gasteiger partial charge is 0.492 e. The molecule has 0 spiro atoms. The van der Waals surface area contributed by atoms with Crippen LogP contribution in [0.5, 0.6) is 5.75 Å². The maximum absolute atomic E-state index is 6.15. The molecule has 3 atom stereocenters. The van der Waals surface area contributed by atoms with Crippen molar-refractivity contribution in [2.24, 2.45) is 11.8 Å². The van der Waals surface area contributed by atoms with Crippen LogP contribution in [0, 0.1) is 11.8 Å². The third-order valence-electron chi connectivity index (χ3n) is 5.14. The van der Waals surface area contributed by atoms with E-state index in [1.165, 1.54) is 44.9 Å². The van der Waals surface area contributed by atoms with Crippen LogP contribution in [0.1, 0.15) is 51.9 Å². The van der Waals surface area contributed by atoms with Gasteiger partial charge in [0.05, 0.1) is 12.3 Å². The molecule has 2 saturated carbocycles. The summed E-state index contributed by atoms with van der Waals surface area (Å²) in [5.41, 5.74) is 1.06. The number of benzene rings is 1. The number of halogens is 1. The van der Waals surface area contributed by atoms with Gasteiger partial charge in [0.1, 0.15) is 5.75 Å². The Morgan fingerprint density at radius 3 is 2.76 bits per heavy atom. The van der Waals surface area contributed by atoms with Crippen LogP contribution in [0.2, 0.25) is 5.02 Å². The van der Waals surface area contributed by atoms with E-state index in [1.807, 2.05) is 25.1 Å². The Kier molecular flexibility index (Phi) is 4.95. The number of anilines is 1. The second-order valence-electron chi connectivity index (χ2n) is 6.53. The summed E-state index contributed by atoms with van der Waals surface area (Å²) in [4.78, 5) is 0. The molecule has 0 aromatic heterocycles. The van der Waals surface area contributed by atoms with Gasteiger partial charge >= 0.3 is 0 Å². The van der Waals surface area contributed by atoms with Crippen molar-refractivity contribution in [1.29, 1.82) is 0 Å². The van der Waals surface area contributed by atoms with E-state index >= 15 is 0 Å². The first-order valence-corrected chi connectivity index (χ1v) is 8.83. The maximum atomic E-state index is 6.15. The molecule has 0 heterocycles. The van der Waals surface area contributed by atoms with Crippen LogP contribution in [0.25, 0.3) is 0 Å². The van der Waals surface area contributed by atoms with Crippen LogP contribution in [-0.4, -0.2) is 12.6 Å². The van der Waals surface area contributed by atoms with Gasteiger partial charge in [-0.2, -0.15) is 0 Å². The summed E-state index contributed by atoms with van der Waals surface area (Å²) in [6.45, 7) is 2.71. The quantitative estimate of drug-likeness (QED) is 0.792. The van der Waals surface area contributed by atoms with Crippen molar-refractivity contribution in [2.45, 2.75) is 57.9 Å². The Labute approximate surface area is 133 Å². The van der Waals surface area contributed by atoms with Crippen LogP contribution in [0.4, 0.5) is 5.69 Å². The first-order valence-electron chi connectivity index (χ1n) is 8.45. The first-order chi connectivity index (χ1) is 10.3. The minimum Gasteiger partial charge on any atom is -0.492 e. The summed E-state index contributed by atoms with van der Waals surface area (Å²) in [5, 5.41) is 4.47. The molecule has 21 heavy (non-hydrogen) atoms. The number of fused-ring (bicyclic) bond motifs is 1. The minimum absolute atomic E-state index is 0.571. The monoisotopic (exact) mass is 307 g/mol. The van der Waals surface area contributed by atoms with Gasteiger partial charge in [-0.05, 0) is 56.2 Å². The summed E-state index contributed by atoms with van der Waals surface area (Å²) in [7, 11) is 0. The average molecular weight is 308 g/mol. The van der Waals surface area contributed by atoms with Crippen molar-refractivity contribution < 1.29 is 4.74 Å². The second kappa shape index (κ2) is 6.91. The Morgan fingerprint density at radius 2 is 1.95 bits per heavy atom. The number of hydrogen-bond acceptors (Lipinski definition) is 2. The molecular weight excluding hydrogens is 282 g/mol. The molecule has 2 fully saturated rings. The molecule has 1 aromatic carbocycles. The molecule has 0 bridgehead atoms. The van der Waals surface area contributed by atoms with Crippen LogP contribution in [-0.2, 0) is 0 Å². The zero-order valence-electron chi connectivity index (χ0n) is 12.9. The minimum atomic E-state index is 0.571. The van der Waals surface area contributed by atoms with Crippen molar-refractivity contribution in [3.8, 4) is 5.75 Å². The van der Waals surface area contributed by atoms with Gasteiger partial charge in [-0.1, -0.05) is 37.3 Å². The van der Waals surface area contributed by atoms with E-state index in [1.54, 1.807) is 0 Å². The highest BCUT2D eigenvalue weighted by atomic mass is 35.5. The molecule has 116 valence electrons. The van der Waals surface area contributed by atoms with E-state index in [2.05, 4.69) is 5.32 Å². The number of ether oxygens (including phenoxy) is 1. The lowest BCUT2D eigenvalue weighted by atomic mass is 9.69. The number of hydrogen-bond donors (Lipinski definition) is 1. The summed E-state index contributed by atoms with van der Waals surface area (Å²) in [5.74, 6) is 2.84. The van der Waals surface area contributed by atoms with Crippen molar-refractivity contribution in [3.63, 3.8) is 0 Å². The third-order valence-corrected chi connectivity index (χ3v) is 5.38. The summed E-state index contributed by atoms with van der Waals surface area (Å²) < 4.78 is 5.72. The van der Waals surface area contributed by atoms with E-state index in [0.29, 0.717) is 12.6 Å². The lowest BCUT2D eigenvalue weighted by molar-refractivity contribution is 0.162. The Morgan fingerprint density at radius 1 is 1.14 bits per heavy atom. The fraction of sp³-hybridized carbons (Fsp3) is 0.667. The van der Waals surface area contributed by atoms with Gasteiger partial charge in [0.2, 0.25) is 0 Å². The fourth-order valence-corrected chi connectivity index (χ4v) is 4.29. The highest BCUT2D eigenvalue weighted by molar-refractivity contribution is 6.30. The Bertz CT molecular complexity index is 476. The maximum Gasteiger partial charge on any atom is 0.142 e. The first kappa shape index (κ1) is 15.0. The van der Waals surface area contributed by atoms with Gasteiger partial charge < -0.3 is 10.1 Å². The molecule has 3 rings (SSSR count). The standard InChI is InChI=1S/C18H26ClNO/c1-2-21-18-10-8-15(19)12-17(18)20-16-9-7-13-5-3-4-6-14(13)11-16/h8,10,12-14,16,20H,2-7,9,11H2,1H3. The van der Waals surface area contributed by atoms with Gasteiger partial charge in [0.15, 0.2) is 0 Å². The van der Waals surface area contributed by atoms with E-state index < -0.39 is 0 Å². The highest BCUT2D eigenvalue weighted by Crippen LogP contribution is 2.41. The second-order valence-corrected chi connectivity index (χ2v) is 6.97. The molecule has 1 N–H and O–H groups in total. The van der Waals surface area contributed by atoms with Crippen molar-refractivity contribution >= 4 is 17.3 Å². The van der Waals surface area contributed by atoms with Crippen LogP contribution in [0.3, 0.4) is 0 Å². The number of nitrogens with one attached hydrogen (secondary N) is 1. The van der Waals surface area contributed by atoms with Gasteiger partial charge in [0.25, 0.3) is 0 Å². The zero-order valence-corrected chi connectivity index (χ0v) is 13.7. The van der Waals surface area contributed by atoms with Crippen molar-refractivity contribution in [3.05, 3.63) is 23.2 Å². The van der Waals surface area contributed by atoms with Gasteiger partial charge in [-0.25, -0.2) is 0 Å². The summed E-state index contributed by atoms with van der Waals surface area (Å²) in [6.07, 6.45) is 9.72. The van der Waals surface area contributed by atoms with Crippen molar-refractivity contribution in [2.75, 3.05) is 11.9 Å². The molecular formula is C18H26ClNO.